The minimum Gasteiger partial charge on any atom is -0.303 e. The Bertz CT molecular complexity index is 347. The predicted octanol–water partition coefficient (Wildman–Crippen LogP) is 3.56. The van der Waals surface area contributed by atoms with Crippen LogP contribution in [0.4, 0.5) is 0 Å². The van der Waals surface area contributed by atoms with E-state index in [1.165, 1.54) is 11.3 Å². The zero-order chi connectivity index (χ0) is 12.1. The fourth-order valence-electron chi connectivity index (χ4n) is 1.64. The Kier molecular flexibility index (Phi) is 5.46. The van der Waals surface area contributed by atoms with Gasteiger partial charge in [-0.05, 0) is 25.2 Å². The molecule has 0 amide bonds. The monoisotopic (exact) mass is 259 g/mol. The van der Waals surface area contributed by atoms with Crippen molar-refractivity contribution in [1.82, 2.24) is 4.90 Å². The smallest absolute Gasteiger partial charge is 0.176 e. The van der Waals surface area contributed by atoms with Gasteiger partial charge in [-0.15, -0.1) is 11.3 Å². The molecule has 0 aliphatic rings. The number of thiophene rings is 1. The molecule has 1 atom stereocenters. The third-order valence-electron chi connectivity index (χ3n) is 2.69. The molecule has 1 unspecified atom stereocenters. The predicted molar refractivity (Wildman–Crippen MR) is 70.6 cm³/mol. The van der Waals surface area contributed by atoms with Crippen LogP contribution >= 0.6 is 22.9 Å². The number of ketones is 1. The Morgan fingerprint density at radius 3 is 2.50 bits per heavy atom. The lowest BCUT2D eigenvalue weighted by atomic mass is 10.0. The van der Waals surface area contributed by atoms with Crippen LogP contribution in [0.5, 0.6) is 0 Å². The van der Waals surface area contributed by atoms with Gasteiger partial charge in [0.2, 0.25) is 0 Å². The average molecular weight is 260 g/mol. The minimum absolute atomic E-state index is 0.0367. The van der Waals surface area contributed by atoms with Crippen LogP contribution in [0.1, 0.15) is 30.4 Å². The van der Waals surface area contributed by atoms with Crippen molar-refractivity contribution in [3.05, 3.63) is 21.3 Å². The SMILES string of the molecule is CCN(CC)CC(C)C(=O)c1ccc(Cl)s1. The van der Waals surface area contributed by atoms with Gasteiger partial charge in [0.05, 0.1) is 9.21 Å². The zero-order valence-electron chi connectivity index (χ0n) is 10.00. The summed E-state index contributed by atoms with van der Waals surface area (Å²) >= 11 is 7.19. The highest BCUT2D eigenvalue weighted by Gasteiger charge is 2.18. The minimum atomic E-state index is 0.0367. The zero-order valence-corrected chi connectivity index (χ0v) is 11.6. The maximum Gasteiger partial charge on any atom is 0.176 e. The molecule has 1 rings (SSSR count). The molecule has 0 aliphatic carbocycles. The average Bonchev–Trinajstić information content (AvgIpc) is 2.71. The van der Waals surface area contributed by atoms with Gasteiger partial charge in [0.15, 0.2) is 5.78 Å². The van der Waals surface area contributed by atoms with Gasteiger partial charge in [-0.2, -0.15) is 0 Å². The Balaban J connectivity index is 2.60. The molecule has 2 nitrogen and oxygen atoms in total. The molecule has 1 aromatic heterocycles. The summed E-state index contributed by atoms with van der Waals surface area (Å²) in [7, 11) is 0. The molecule has 0 aliphatic heterocycles. The fourth-order valence-corrected chi connectivity index (χ4v) is 2.74. The van der Waals surface area contributed by atoms with Crippen LogP contribution in [0, 0.1) is 5.92 Å². The Morgan fingerprint density at radius 1 is 1.44 bits per heavy atom. The maximum atomic E-state index is 12.1. The normalized spacial score (nSPS) is 13.1. The van der Waals surface area contributed by atoms with Gasteiger partial charge in [-0.25, -0.2) is 0 Å². The first-order valence-electron chi connectivity index (χ1n) is 5.60. The second-order valence-corrected chi connectivity index (χ2v) is 5.57. The Labute approximate surface area is 106 Å². The van der Waals surface area contributed by atoms with Crippen molar-refractivity contribution in [3.8, 4) is 0 Å². The molecule has 0 aromatic carbocycles. The molecule has 4 heteroatoms. The number of halogens is 1. The van der Waals surface area contributed by atoms with E-state index >= 15 is 0 Å². The molecular weight excluding hydrogens is 242 g/mol. The first kappa shape index (κ1) is 13.7. The quantitative estimate of drug-likeness (QED) is 0.728. The molecule has 0 N–H and O–H groups in total. The van der Waals surface area contributed by atoms with Crippen LogP contribution in [-0.4, -0.2) is 30.3 Å². The van der Waals surface area contributed by atoms with E-state index in [0.717, 1.165) is 24.5 Å². The van der Waals surface area contributed by atoms with Crippen molar-refractivity contribution >= 4 is 28.7 Å². The number of nitrogens with zero attached hydrogens (tertiary/aromatic N) is 1. The first-order valence-corrected chi connectivity index (χ1v) is 6.79. The summed E-state index contributed by atoms with van der Waals surface area (Å²) in [6.45, 7) is 9.00. The highest BCUT2D eigenvalue weighted by Crippen LogP contribution is 2.24. The number of carbonyl (C=O) groups is 1. The maximum absolute atomic E-state index is 12.1. The van der Waals surface area contributed by atoms with Crippen LogP contribution in [0.2, 0.25) is 4.34 Å². The van der Waals surface area contributed by atoms with Crippen LogP contribution in [0.3, 0.4) is 0 Å². The molecule has 1 aromatic rings. The van der Waals surface area contributed by atoms with E-state index in [-0.39, 0.29) is 11.7 Å². The summed E-state index contributed by atoms with van der Waals surface area (Å²) < 4.78 is 0.679. The van der Waals surface area contributed by atoms with Gasteiger partial charge in [-0.3, -0.25) is 4.79 Å². The van der Waals surface area contributed by atoms with Crippen molar-refractivity contribution in [2.24, 2.45) is 5.92 Å². The van der Waals surface area contributed by atoms with Crippen molar-refractivity contribution in [2.75, 3.05) is 19.6 Å². The standard InChI is InChI=1S/C12H18ClNOS/c1-4-14(5-2)8-9(3)12(15)10-6-7-11(13)16-10/h6-7,9H,4-5,8H2,1-3H3. The third-order valence-corrected chi connectivity index (χ3v) is 3.94. The molecule has 0 radical (unpaired) electrons. The van der Waals surface area contributed by atoms with Gasteiger partial charge < -0.3 is 4.90 Å². The second-order valence-electron chi connectivity index (χ2n) is 3.85. The van der Waals surface area contributed by atoms with Crippen molar-refractivity contribution in [2.45, 2.75) is 20.8 Å². The number of hydrogen-bond acceptors (Lipinski definition) is 3. The molecule has 0 bridgehead atoms. The van der Waals surface area contributed by atoms with Gasteiger partial charge in [0.1, 0.15) is 0 Å². The lowest BCUT2D eigenvalue weighted by Crippen LogP contribution is -2.31. The van der Waals surface area contributed by atoms with E-state index in [2.05, 4.69) is 18.7 Å². The lowest BCUT2D eigenvalue weighted by molar-refractivity contribution is 0.0902. The van der Waals surface area contributed by atoms with Gasteiger partial charge in [0, 0.05) is 12.5 Å². The van der Waals surface area contributed by atoms with Crippen LogP contribution in [0.15, 0.2) is 12.1 Å². The molecule has 0 spiro atoms. The summed E-state index contributed by atoms with van der Waals surface area (Å²) in [5.41, 5.74) is 0. The lowest BCUT2D eigenvalue weighted by Gasteiger charge is -2.21. The van der Waals surface area contributed by atoms with Crippen molar-refractivity contribution < 1.29 is 4.79 Å². The molecule has 1 heterocycles. The Hall–Kier alpha value is -0.380. The number of rotatable bonds is 6. The Morgan fingerprint density at radius 2 is 2.06 bits per heavy atom. The van der Waals surface area contributed by atoms with E-state index in [9.17, 15) is 4.79 Å². The van der Waals surface area contributed by atoms with E-state index in [4.69, 9.17) is 11.6 Å². The second kappa shape index (κ2) is 6.38. The summed E-state index contributed by atoms with van der Waals surface area (Å²) in [4.78, 5) is 15.1. The van der Waals surface area contributed by atoms with E-state index in [1.807, 2.05) is 13.0 Å². The number of hydrogen-bond donors (Lipinski definition) is 0. The van der Waals surface area contributed by atoms with Crippen molar-refractivity contribution in [3.63, 3.8) is 0 Å². The molecule has 90 valence electrons. The number of Topliss-reactive ketones (excluding diaryl/α,β-unsaturated/α-hetero) is 1. The van der Waals surface area contributed by atoms with Crippen molar-refractivity contribution in [1.29, 1.82) is 0 Å². The van der Waals surface area contributed by atoms with Crippen LogP contribution in [-0.2, 0) is 0 Å². The third kappa shape index (κ3) is 3.58. The van der Waals surface area contributed by atoms with Crippen LogP contribution in [0.25, 0.3) is 0 Å². The molecule has 0 saturated heterocycles. The topological polar surface area (TPSA) is 20.3 Å². The van der Waals surface area contributed by atoms with Gasteiger partial charge in [-0.1, -0.05) is 32.4 Å². The summed E-state index contributed by atoms with van der Waals surface area (Å²) in [5, 5.41) is 0. The van der Waals surface area contributed by atoms with Gasteiger partial charge >= 0.3 is 0 Å². The summed E-state index contributed by atoms with van der Waals surface area (Å²) in [5.74, 6) is 0.235. The van der Waals surface area contributed by atoms with E-state index in [1.54, 1.807) is 6.07 Å². The number of carbonyl (C=O) groups excluding carboxylic acids is 1. The molecule has 16 heavy (non-hydrogen) atoms. The fraction of sp³-hybridized carbons (Fsp3) is 0.583. The highest BCUT2D eigenvalue weighted by molar-refractivity contribution is 7.18. The van der Waals surface area contributed by atoms with Crippen LogP contribution < -0.4 is 0 Å². The first-order chi connectivity index (χ1) is 7.58. The van der Waals surface area contributed by atoms with Gasteiger partial charge in [0.25, 0.3) is 0 Å². The summed E-state index contributed by atoms with van der Waals surface area (Å²) in [6, 6.07) is 3.59. The van der Waals surface area contributed by atoms with E-state index in [0.29, 0.717) is 4.34 Å². The highest BCUT2D eigenvalue weighted by atomic mass is 35.5. The molecular formula is C12H18ClNOS. The molecule has 0 fully saturated rings. The van der Waals surface area contributed by atoms with E-state index < -0.39 is 0 Å². The largest absolute Gasteiger partial charge is 0.303 e. The summed E-state index contributed by atoms with van der Waals surface area (Å²) in [6.07, 6.45) is 0. The molecule has 0 saturated carbocycles.